The number of benzene rings is 1. The summed E-state index contributed by atoms with van der Waals surface area (Å²) in [5.74, 6) is 0. The molecule has 2 aliphatic rings. The normalized spacial score (nSPS) is 23.6. The minimum atomic E-state index is -0.246. The lowest BCUT2D eigenvalue weighted by atomic mass is 10.1. The van der Waals surface area contributed by atoms with Gasteiger partial charge in [-0.25, -0.2) is 4.79 Å². The van der Waals surface area contributed by atoms with E-state index >= 15 is 0 Å². The fraction of sp³-hybridized carbons (Fsp3) is 0.533. The Morgan fingerprint density at radius 1 is 1.25 bits per heavy atom. The summed E-state index contributed by atoms with van der Waals surface area (Å²) in [7, 11) is 0. The molecule has 0 aliphatic carbocycles. The molecule has 3 rings (SSSR count). The molecule has 0 spiro atoms. The van der Waals surface area contributed by atoms with E-state index in [0.717, 1.165) is 25.1 Å². The van der Waals surface area contributed by atoms with Gasteiger partial charge in [0.25, 0.3) is 0 Å². The average molecular weight is 276 g/mol. The SMILES string of the molecule is O=C(OCc1ccccc1)N1CC(N2CCC(O)C2)C1. The fourth-order valence-electron chi connectivity index (χ4n) is 2.75. The van der Waals surface area contributed by atoms with Gasteiger partial charge < -0.3 is 14.7 Å². The van der Waals surface area contributed by atoms with Crippen LogP contribution in [0.3, 0.4) is 0 Å². The van der Waals surface area contributed by atoms with Gasteiger partial charge in [-0.2, -0.15) is 0 Å². The molecule has 108 valence electrons. The van der Waals surface area contributed by atoms with E-state index in [-0.39, 0.29) is 12.2 Å². The van der Waals surface area contributed by atoms with E-state index in [0.29, 0.717) is 25.7 Å². The Morgan fingerprint density at radius 2 is 2.00 bits per heavy atom. The molecule has 2 aliphatic heterocycles. The number of likely N-dealkylation sites (tertiary alicyclic amines) is 2. The van der Waals surface area contributed by atoms with Crippen LogP contribution >= 0.6 is 0 Å². The lowest BCUT2D eigenvalue weighted by Gasteiger charge is -2.43. The van der Waals surface area contributed by atoms with Crippen molar-refractivity contribution in [2.24, 2.45) is 0 Å². The Kier molecular flexibility index (Phi) is 3.89. The Morgan fingerprint density at radius 3 is 2.65 bits per heavy atom. The second kappa shape index (κ2) is 5.81. The summed E-state index contributed by atoms with van der Waals surface area (Å²) in [6, 6.07) is 10.1. The van der Waals surface area contributed by atoms with Gasteiger partial charge in [-0.05, 0) is 12.0 Å². The second-order valence-corrected chi connectivity index (χ2v) is 5.54. The molecule has 0 bridgehead atoms. The number of nitrogens with zero attached hydrogens (tertiary/aromatic N) is 2. The number of β-amino-alcohol motifs (C(OH)–C–C–N with tert-alkyl or cyclic N) is 1. The van der Waals surface area contributed by atoms with Crippen molar-refractivity contribution in [3.63, 3.8) is 0 Å². The highest BCUT2D eigenvalue weighted by atomic mass is 16.6. The minimum absolute atomic E-state index is 0.200. The van der Waals surface area contributed by atoms with Crippen LogP contribution in [0.5, 0.6) is 0 Å². The Labute approximate surface area is 118 Å². The largest absolute Gasteiger partial charge is 0.445 e. The maximum absolute atomic E-state index is 11.9. The third kappa shape index (κ3) is 2.94. The van der Waals surface area contributed by atoms with Gasteiger partial charge in [-0.1, -0.05) is 30.3 Å². The van der Waals surface area contributed by atoms with Gasteiger partial charge in [0.1, 0.15) is 6.61 Å². The van der Waals surface area contributed by atoms with Crippen LogP contribution in [0.2, 0.25) is 0 Å². The van der Waals surface area contributed by atoms with E-state index in [2.05, 4.69) is 4.90 Å². The first-order valence-electron chi connectivity index (χ1n) is 7.10. The molecule has 0 saturated carbocycles. The minimum Gasteiger partial charge on any atom is -0.445 e. The molecule has 1 atom stereocenters. The van der Waals surface area contributed by atoms with E-state index in [1.54, 1.807) is 4.90 Å². The number of carbonyl (C=O) groups is 1. The highest BCUT2D eigenvalue weighted by Crippen LogP contribution is 2.21. The first-order valence-corrected chi connectivity index (χ1v) is 7.10. The molecule has 2 saturated heterocycles. The zero-order valence-corrected chi connectivity index (χ0v) is 11.4. The number of aliphatic hydroxyl groups is 1. The molecule has 1 N–H and O–H groups in total. The molecule has 0 aromatic heterocycles. The summed E-state index contributed by atoms with van der Waals surface area (Å²) in [6.45, 7) is 3.40. The number of carbonyl (C=O) groups excluding carboxylic acids is 1. The van der Waals surface area contributed by atoms with Gasteiger partial charge >= 0.3 is 6.09 Å². The van der Waals surface area contributed by atoms with Crippen molar-refractivity contribution in [3.05, 3.63) is 35.9 Å². The lowest BCUT2D eigenvalue weighted by Crippen LogP contribution is -2.60. The summed E-state index contributed by atoms with van der Waals surface area (Å²) in [6.07, 6.45) is 0.397. The van der Waals surface area contributed by atoms with Crippen molar-refractivity contribution in [1.29, 1.82) is 0 Å². The van der Waals surface area contributed by atoms with Crippen LogP contribution in [0.1, 0.15) is 12.0 Å². The van der Waals surface area contributed by atoms with Crippen LogP contribution in [0.4, 0.5) is 4.79 Å². The van der Waals surface area contributed by atoms with Crippen molar-refractivity contribution in [3.8, 4) is 0 Å². The number of ether oxygens (including phenoxy) is 1. The van der Waals surface area contributed by atoms with Crippen LogP contribution in [-0.2, 0) is 11.3 Å². The number of hydrogen-bond acceptors (Lipinski definition) is 4. The molecular weight excluding hydrogens is 256 g/mol. The highest BCUT2D eigenvalue weighted by molar-refractivity contribution is 5.68. The molecule has 1 unspecified atom stereocenters. The van der Waals surface area contributed by atoms with Gasteiger partial charge in [0.15, 0.2) is 0 Å². The second-order valence-electron chi connectivity index (χ2n) is 5.54. The lowest BCUT2D eigenvalue weighted by molar-refractivity contribution is 0.0229. The molecule has 20 heavy (non-hydrogen) atoms. The van der Waals surface area contributed by atoms with Crippen LogP contribution in [0, 0.1) is 0 Å². The van der Waals surface area contributed by atoms with Crippen molar-refractivity contribution in [1.82, 2.24) is 9.80 Å². The quantitative estimate of drug-likeness (QED) is 0.897. The smallest absolute Gasteiger partial charge is 0.410 e. The summed E-state index contributed by atoms with van der Waals surface area (Å²) in [4.78, 5) is 15.8. The van der Waals surface area contributed by atoms with Crippen LogP contribution in [0.25, 0.3) is 0 Å². The Bertz CT molecular complexity index is 459. The summed E-state index contributed by atoms with van der Waals surface area (Å²) < 4.78 is 5.28. The van der Waals surface area contributed by atoms with Crippen molar-refractivity contribution in [2.75, 3.05) is 26.2 Å². The summed E-state index contributed by atoms with van der Waals surface area (Å²) >= 11 is 0. The molecule has 5 nitrogen and oxygen atoms in total. The number of hydrogen-bond donors (Lipinski definition) is 1. The molecule has 2 heterocycles. The van der Waals surface area contributed by atoms with Crippen molar-refractivity contribution < 1.29 is 14.6 Å². The van der Waals surface area contributed by atoms with Crippen molar-refractivity contribution in [2.45, 2.75) is 25.2 Å². The summed E-state index contributed by atoms with van der Waals surface area (Å²) in [5, 5.41) is 9.51. The zero-order valence-electron chi connectivity index (χ0n) is 11.4. The van der Waals surface area contributed by atoms with E-state index in [9.17, 15) is 9.90 Å². The molecule has 1 amide bonds. The number of amides is 1. The van der Waals surface area contributed by atoms with Gasteiger partial charge in [0, 0.05) is 32.2 Å². The van der Waals surface area contributed by atoms with E-state index < -0.39 is 0 Å². The van der Waals surface area contributed by atoms with Gasteiger partial charge in [0.05, 0.1) is 6.10 Å². The number of aliphatic hydroxyl groups excluding tert-OH is 1. The van der Waals surface area contributed by atoms with E-state index in [4.69, 9.17) is 4.74 Å². The molecule has 2 fully saturated rings. The molecule has 1 aromatic carbocycles. The third-order valence-electron chi connectivity index (χ3n) is 4.04. The molecular formula is C15H20N2O3. The first kappa shape index (κ1) is 13.4. The van der Waals surface area contributed by atoms with Gasteiger partial charge in [-0.15, -0.1) is 0 Å². The van der Waals surface area contributed by atoms with E-state index in [1.165, 1.54) is 0 Å². The maximum Gasteiger partial charge on any atom is 0.410 e. The fourth-order valence-corrected chi connectivity index (χ4v) is 2.75. The molecule has 0 radical (unpaired) electrons. The van der Waals surface area contributed by atoms with Crippen LogP contribution in [-0.4, -0.2) is 59.3 Å². The third-order valence-corrected chi connectivity index (χ3v) is 4.04. The Hall–Kier alpha value is -1.59. The van der Waals surface area contributed by atoms with Crippen LogP contribution in [0.15, 0.2) is 30.3 Å². The average Bonchev–Trinajstić information content (AvgIpc) is 2.82. The van der Waals surface area contributed by atoms with Crippen LogP contribution < -0.4 is 0 Å². The number of rotatable bonds is 3. The maximum atomic E-state index is 11.9. The predicted molar refractivity (Wildman–Crippen MR) is 74.2 cm³/mol. The zero-order chi connectivity index (χ0) is 13.9. The van der Waals surface area contributed by atoms with Gasteiger partial charge in [-0.3, -0.25) is 4.90 Å². The monoisotopic (exact) mass is 276 g/mol. The van der Waals surface area contributed by atoms with E-state index in [1.807, 2.05) is 30.3 Å². The first-order chi connectivity index (χ1) is 9.72. The predicted octanol–water partition coefficient (Wildman–Crippen LogP) is 1.07. The highest BCUT2D eigenvalue weighted by Gasteiger charge is 2.38. The van der Waals surface area contributed by atoms with Crippen molar-refractivity contribution >= 4 is 6.09 Å². The Balaban J connectivity index is 1.40. The molecule has 5 heteroatoms. The summed E-state index contributed by atoms with van der Waals surface area (Å²) in [5.41, 5.74) is 1.00. The standard InChI is InChI=1S/C15H20N2O3/c18-14-6-7-16(10-14)13-8-17(9-13)15(19)20-11-12-4-2-1-3-5-12/h1-5,13-14,18H,6-11H2. The molecule has 1 aromatic rings. The van der Waals surface area contributed by atoms with Gasteiger partial charge in [0.2, 0.25) is 0 Å². The topological polar surface area (TPSA) is 53.0 Å².